The fourth-order valence-corrected chi connectivity index (χ4v) is 4.49. The monoisotopic (exact) mass is 507 g/mol. The van der Waals surface area contributed by atoms with Crippen molar-refractivity contribution >= 4 is 34.7 Å². The number of ether oxygens (including phenoxy) is 1. The number of anilines is 1. The standard InChI is InChI=1S/C29H27ClFNO4/c1-5-36-23-15-8-18(16-22(23)29(2,3)4)26(33)24-25(17-6-9-19(30)10-7-17)32(28(35)27(24)34)21-13-11-20(31)12-14-21/h6-16,25,33H,5H2,1-4H3/b26-24-. The van der Waals surface area contributed by atoms with Crippen LogP contribution < -0.4 is 9.64 Å². The van der Waals surface area contributed by atoms with Gasteiger partial charge in [0.15, 0.2) is 0 Å². The summed E-state index contributed by atoms with van der Waals surface area (Å²) in [4.78, 5) is 27.9. The molecule has 0 radical (unpaired) electrons. The molecule has 1 aliphatic rings. The molecular weight excluding hydrogens is 481 g/mol. The number of hydrogen-bond donors (Lipinski definition) is 1. The number of rotatable bonds is 5. The number of Topliss-reactive ketones (excluding diaryl/α,β-unsaturated/α-hetero) is 1. The summed E-state index contributed by atoms with van der Waals surface area (Å²) < 4.78 is 19.4. The van der Waals surface area contributed by atoms with Gasteiger partial charge in [0.1, 0.15) is 17.3 Å². The van der Waals surface area contributed by atoms with Gasteiger partial charge >= 0.3 is 0 Å². The number of aliphatic hydroxyl groups is 1. The topological polar surface area (TPSA) is 66.8 Å². The minimum atomic E-state index is -0.933. The highest BCUT2D eigenvalue weighted by molar-refractivity contribution is 6.51. The van der Waals surface area contributed by atoms with Gasteiger partial charge in [-0.25, -0.2) is 4.39 Å². The van der Waals surface area contributed by atoms with E-state index < -0.39 is 23.5 Å². The summed E-state index contributed by atoms with van der Waals surface area (Å²) in [7, 11) is 0. The third kappa shape index (κ3) is 4.73. The first-order valence-electron chi connectivity index (χ1n) is 11.6. The zero-order valence-corrected chi connectivity index (χ0v) is 21.3. The molecule has 7 heteroatoms. The molecule has 3 aromatic rings. The summed E-state index contributed by atoms with van der Waals surface area (Å²) in [5.74, 6) is -1.73. The summed E-state index contributed by atoms with van der Waals surface area (Å²) in [5.41, 5.74) is 1.78. The van der Waals surface area contributed by atoms with Crippen LogP contribution in [-0.4, -0.2) is 23.4 Å². The van der Waals surface area contributed by atoms with Crippen molar-refractivity contribution in [2.24, 2.45) is 0 Å². The lowest BCUT2D eigenvalue weighted by Gasteiger charge is -2.26. The van der Waals surface area contributed by atoms with Crippen molar-refractivity contribution < 1.29 is 23.8 Å². The SMILES string of the molecule is CCOc1ccc(/C(O)=C2/C(=O)C(=O)N(c3ccc(F)cc3)C2c2ccc(Cl)cc2)cc1C(C)(C)C. The molecule has 0 saturated carbocycles. The van der Waals surface area contributed by atoms with Crippen LogP contribution in [0.5, 0.6) is 5.75 Å². The molecule has 36 heavy (non-hydrogen) atoms. The fourth-order valence-electron chi connectivity index (χ4n) is 4.36. The van der Waals surface area contributed by atoms with E-state index in [0.29, 0.717) is 34.2 Å². The number of carbonyl (C=O) groups excluding carboxylic acids is 2. The predicted octanol–water partition coefficient (Wildman–Crippen LogP) is 6.80. The van der Waals surface area contributed by atoms with Crippen molar-refractivity contribution in [2.75, 3.05) is 11.5 Å². The molecule has 1 N–H and O–H groups in total. The van der Waals surface area contributed by atoms with Crippen LogP contribution in [0.25, 0.3) is 5.76 Å². The average molecular weight is 508 g/mol. The molecule has 0 bridgehead atoms. The number of carbonyl (C=O) groups is 2. The maximum absolute atomic E-state index is 13.6. The Bertz CT molecular complexity index is 1340. The van der Waals surface area contributed by atoms with Crippen LogP contribution in [0.4, 0.5) is 10.1 Å². The molecule has 4 rings (SSSR count). The Morgan fingerprint density at radius 3 is 2.25 bits per heavy atom. The first-order chi connectivity index (χ1) is 17.0. The van der Waals surface area contributed by atoms with Crippen LogP contribution in [0.15, 0.2) is 72.3 Å². The molecule has 5 nitrogen and oxygen atoms in total. The number of hydrogen-bond acceptors (Lipinski definition) is 4. The maximum atomic E-state index is 13.6. The largest absolute Gasteiger partial charge is 0.507 e. The Kier molecular flexibility index (Phi) is 6.92. The fraction of sp³-hybridized carbons (Fsp3) is 0.241. The number of amides is 1. The van der Waals surface area contributed by atoms with Gasteiger partial charge in [0.25, 0.3) is 11.7 Å². The van der Waals surface area contributed by atoms with Gasteiger partial charge in [-0.15, -0.1) is 0 Å². The molecule has 1 heterocycles. The van der Waals surface area contributed by atoms with Crippen LogP contribution in [0.2, 0.25) is 5.02 Å². The van der Waals surface area contributed by atoms with Gasteiger partial charge in [-0.1, -0.05) is 44.5 Å². The van der Waals surface area contributed by atoms with Gasteiger partial charge in [0, 0.05) is 21.8 Å². The van der Waals surface area contributed by atoms with Crippen molar-refractivity contribution in [1.29, 1.82) is 0 Å². The molecule has 0 aliphatic carbocycles. The smallest absolute Gasteiger partial charge is 0.300 e. The lowest BCUT2D eigenvalue weighted by molar-refractivity contribution is -0.132. The summed E-state index contributed by atoms with van der Waals surface area (Å²) in [6.45, 7) is 8.44. The number of benzene rings is 3. The number of nitrogens with zero attached hydrogens (tertiary/aromatic N) is 1. The Morgan fingerprint density at radius 2 is 1.67 bits per heavy atom. The third-order valence-electron chi connectivity index (χ3n) is 6.10. The first kappa shape index (κ1) is 25.5. The van der Waals surface area contributed by atoms with Crippen molar-refractivity contribution in [3.05, 3.63) is 99.8 Å². The minimum Gasteiger partial charge on any atom is -0.507 e. The highest BCUT2D eigenvalue weighted by Gasteiger charge is 2.47. The molecule has 1 amide bonds. The maximum Gasteiger partial charge on any atom is 0.300 e. The van der Waals surface area contributed by atoms with Crippen LogP contribution in [0.3, 0.4) is 0 Å². The normalized spacial score (nSPS) is 17.5. The molecular formula is C29H27ClFNO4. The molecule has 1 fully saturated rings. The van der Waals surface area contributed by atoms with Crippen molar-refractivity contribution in [2.45, 2.75) is 39.2 Å². The van der Waals surface area contributed by atoms with Gasteiger partial charge < -0.3 is 9.84 Å². The third-order valence-corrected chi connectivity index (χ3v) is 6.35. The van der Waals surface area contributed by atoms with Crippen LogP contribution in [0, 0.1) is 5.82 Å². The Labute approximate surface area is 214 Å². The van der Waals surface area contributed by atoms with Crippen LogP contribution in [-0.2, 0) is 15.0 Å². The van der Waals surface area contributed by atoms with Crippen molar-refractivity contribution in [3.63, 3.8) is 0 Å². The number of halogens is 2. The van der Waals surface area contributed by atoms with Crippen molar-refractivity contribution in [1.82, 2.24) is 0 Å². The second-order valence-corrected chi connectivity index (χ2v) is 10.0. The lowest BCUT2D eigenvalue weighted by Crippen LogP contribution is -2.29. The van der Waals surface area contributed by atoms with Crippen LogP contribution in [0.1, 0.15) is 50.4 Å². The quantitative estimate of drug-likeness (QED) is 0.234. The molecule has 186 valence electrons. The molecule has 1 unspecified atom stereocenters. The molecule has 0 spiro atoms. The van der Waals surface area contributed by atoms with Gasteiger partial charge in [-0.2, -0.15) is 0 Å². The summed E-state index contributed by atoms with van der Waals surface area (Å²) >= 11 is 6.08. The second kappa shape index (κ2) is 9.78. The van der Waals surface area contributed by atoms with E-state index in [4.69, 9.17) is 16.3 Å². The van der Waals surface area contributed by atoms with E-state index in [9.17, 15) is 19.1 Å². The second-order valence-electron chi connectivity index (χ2n) is 9.59. The molecule has 0 aromatic heterocycles. The van der Waals surface area contributed by atoms with Gasteiger partial charge in [0.2, 0.25) is 0 Å². The van der Waals surface area contributed by atoms with E-state index in [0.717, 1.165) is 5.56 Å². The predicted molar refractivity (Wildman–Crippen MR) is 139 cm³/mol. The Morgan fingerprint density at radius 1 is 1.03 bits per heavy atom. The molecule has 1 saturated heterocycles. The molecule has 1 aliphatic heterocycles. The zero-order valence-electron chi connectivity index (χ0n) is 20.5. The Hall–Kier alpha value is -3.64. The van der Waals surface area contributed by atoms with E-state index in [1.54, 1.807) is 42.5 Å². The number of aliphatic hydroxyl groups excluding tert-OH is 1. The number of ketones is 1. The summed E-state index contributed by atoms with van der Waals surface area (Å²) in [6, 6.07) is 16.3. The van der Waals surface area contributed by atoms with Gasteiger partial charge in [-0.3, -0.25) is 14.5 Å². The first-order valence-corrected chi connectivity index (χ1v) is 12.0. The minimum absolute atomic E-state index is 0.0596. The summed E-state index contributed by atoms with van der Waals surface area (Å²) in [6.07, 6.45) is 0. The van der Waals surface area contributed by atoms with E-state index in [2.05, 4.69) is 0 Å². The summed E-state index contributed by atoms with van der Waals surface area (Å²) in [5, 5.41) is 12.0. The molecule has 1 atom stereocenters. The van der Waals surface area contributed by atoms with Gasteiger partial charge in [0.05, 0.1) is 18.2 Å². The molecule has 3 aromatic carbocycles. The van der Waals surface area contributed by atoms with E-state index in [1.807, 2.05) is 27.7 Å². The van der Waals surface area contributed by atoms with E-state index in [-0.39, 0.29) is 16.7 Å². The van der Waals surface area contributed by atoms with E-state index >= 15 is 0 Å². The lowest BCUT2D eigenvalue weighted by atomic mass is 9.84. The average Bonchev–Trinajstić information content (AvgIpc) is 3.10. The van der Waals surface area contributed by atoms with E-state index in [1.165, 1.54) is 29.2 Å². The highest BCUT2D eigenvalue weighted by Crippen LogP contribution is 2.43. The van der Waals surface area contributed by atoms with Gasteiger partial charge in [-0.05, 0) is 72.5 Å². The Balaban J connectivity index is 1.94. The van der Waals surface area contributed by atoms with Crippen LogP contribution >= 0.6 is 11.6 Å². The highest BCUT2D eigenvalue weighted by atomic mass is 35.5. The zero-order chi connectivity index (χ0) is 26.2. The van der Waals surface area contributed by atoms with Crippen molar-refractivity contribution in [3.8, 4) is 5.75 Å².